The summed E-state index contributed by atoms with van der Waals surface area (Å²) in [6.07, 6.45) is -0.0765. The van der Waals surface area contributed by atoms with Crippen LogP contribution in [-0.2, 0) is 13.0 Å². The van der Waals surface area contributed by atoms with Gasteiger partial charge in [0.2, 0.25) is 0 Å². The molecular weight excluding hydrogens is 371 g/mol. The van der Waals surface area contributed by atoms with Crippen molar-refractivity contribution in [2.75, 3.05) is 7.05 Å². The molecule has 0 radical (unpaired) electrons. The number of pyridine rings is 1. The van der Waals surface area contributed by atoms with Gasteiger partial charge in [-0.15, -0.1) is 0 Å². The van der Waals surface area contributed by atoms with Gasteiger partial charge in [0.15, 0.2) is 0 Å². The van der Waals surface area contributed by atoms with Gasteiger partial charge in [-0.05, 0) is 47.8 Å². The van der Waals surface area contributed by atoms with Gasteiger partial charge in [0.1, 0.15) is 0 Å². The monoisotopic (exact) mass is 388 g/mol. The number of halogens is 2. The van der Waals surface area contributed by atoms with Gasteiger partial charge in [-0.3, -0.25) is 9.69 Å². The summed E-state index contributed by atoms with van der Waals surface area (Å²) in [6, 6.07) is 12.8. The number of nitrogens with zero attached hydrogens (tertiary/aromatic N) is 1. The second kappa shape index (κ2) is 6.71. The van der Waals surface area contributed by atoms with Crippen LogP contribution >= 0.6 is 23.2 Å². The average molecular weight is 389 g/mol. The maximum atomic E-state index is 12.3. The smallest absolute Gasteiger partial charge is 0.256 e. The average Bonchev–Trinajstić information content (AvgIpc) is 2.91. The lowest BCUT2D eigenvalue weighted by atomic mass is 10.1. The molecule has 4 rings (SSSR count). The van der Waals surface area contributed by atoms with E-state index in [0.29, 0.717) is 28.4 Å². The quantitative estimate of drug-likeness (QED) is 0.714. The molecule has 0 saturated carbocycles. The van der Waals surface area contributed by atoms with Gasteiger partial charge in [-0.2, -0.15) is 0 Å². The summed E-state index contributed by atoms with van der Waals surface area (Å²) in [5, 5.41) is 13.3. The fourth-order valence-electron chi connectivity index (χ4n) is 3.88. The molecule has 134 valence electrons. The summed E-state index contributed by atoms with van der Waals surface area (Å²) in [7, 11) is 1.92. The minimum absolute atomic E-state index is 0.107. The zero-order valence-electron chi connectivity index (χ0n) is 14.2. The Morgan fingerprint density at radius 2 is 2.00 bits per heavy atom. The fourth-order valence-corrected chi connectivity index (χ4v) is 4.47. The molecule has 3 aromatic rings. The Kier molecular flexibility index (Phi) is 4.53. The Morgan fingerprint density at radius 3 is 2.81 bits per heavy atom. The van der Waals surface area contributed by atoms with E-state index in [0.717, 1.165) is 22.2 Å². The zero-order chi connectivity index (χ0) is 18.4. The molecule has 2 N–H and O–H groups in total. The summed E-state index contributed by atoms with van der Waals surface area (Å²) in [6.45, 7) is 0.491. The second-order valence-corrected chi connectivity index (χ2v) is 7.64. The number of aromatic amines is 1. The molecule has 0 spiro atoms. The predicted octanol–water partition coefficient (Wildman–Crippen LogP) is 3.93. The molecular formula is C20H18Cl2N2O2. The predicted molar refractivity (Wildman–Crippen MR) is 105 cm³/mol. The number of likely N-dealkylation sites (N-methyl/N-ethyl adjacent to an activating group) is 1. The van der Waals surface area contributed by atoms with Gasteiger partial charge in [-0.25, -0.2) is 0 Å². The van der Waals surface area contributed by atoms with Gasteiger partial charge in [0.25, 0.3) is 5.56 Å². The van der Waals surface area contributed by atoms with E-state index in [9.17, 15) is 9.90 Å². The normalized spacial score (nSPS) is 19.3. The number of aliphatic hydroxyl groups is 1. The highest BCUT2D eigenvalue weighted by Gasteiger charge is 2.35. The molecule has 4 nitrogen and oxygen atoms in total. The number of fused-ring (bicyclic) bond motifs is 2. The van der Waals surface area contributed by atoms with E-state index in [1.807, 2.05) is 48.3 Å². The molecule has 1 heterocycles. The van der Waals surface area contributed by atoms with Gasteiger partial charge in [0.05, 0.1) is 12.1 Å². The van der Waals surface area contributed by atoms with Gasteiger partial charge < -0.3 is 10.1 Å². The lowest BCUT2D eigenvalue weighted by Gasteiger charge is -2.28. The third-order valence-corrected chi connectivity index (χ3v) is 5.55. The minimum Gasteiger partial charge on any atom is -0.391 e. The van der Waals surface area contributed by atoms with E-state index >= 15 is 0 Å². The van der Waals surface area contributed by atoms with E-state index < -0.39 is 6.10 Å². The van der Waals surface area contributed by atoms with E-state index in [2.05, 4.69) is 4.98 Å². The number of aliphatic hydroxyl groups excluding tert-OH is 1. The highest BCUT2D eigenvalue weighted by atomic mass is 35.5. The van der Waals surface area contributed by atoms with Gasteiger partial charge in [-0.1, -0.05) is 41.4 Å². The molecule has 0 aliphatic heterocycles. The van der Waals surface area contributed by atoms with Crippen LogP contribution in [0.2, 0.25) is 10.0 Å². The first-order chi connectivity index (χ1) is 12.4. The number of hydrogen-bond donors (Lipinski definition) is 2. The van der Waals surface area contributed by atoms with Crippen LogP contribution in [0.1, 0.15) is 22.9 Å². The van der Waals surface area contributed by atoms with E-state index in [1.165, 1.54) is 0 Å². The Balaban J connectivity index is 1.68. The topological polar surface area (TPSA) is 56.3 Å². The van der Waals surface area contributed by atoms with Crippen molar-refractivity contribution in [1.29, 1.82) is 0 Å². The summed E-state index contributed by atoms with van der Waals surface area (Å²) in [5.74, 6) is 0. The van der Waals surface area contributed by atoms with Crippen LogP contribution in [0, 0.1) is 0 Å². The first-order valence-corrected chi connectivity index (χ1v) is 9.16. The molecule has 0 unspecified atom stereocenters. The van der Waals surface area contributed by atoms with Crippen LogP contribution in [0.3, 0.4) is 0 Å². The Bertz CT molecular complexity index is 1050. The van der Waals surface area contributed by atoms with Crippen LogP contribution in [0.5, 0.6) is 0 Å². The highest BCUT2D eigenvalue weighted by molar-refractivity contribution is 6.35. The van der Waals surface area contributed by atoms with Crippen LogP contribution in [0.4, 0.5) is 0 Å². The highest BCUT2D eigenvalue weighted by Crippen LogP contribution is 2.41. The SMILES string of the molecule is CN(Cc1cc2ccccc2c(=O)[nH]1)[C@H]1c2cc(Cl)cc(Cl)c2C[C@@H]1O. The molecule has 26 heavy (non-hydrogen) atoms. The first kappa shape index (κ1) is 17.6. The van der Waals surface area contributed by atoms with Crippen molar-refractivity contribution in [1.82, 2.24) is 9.88 Å². The van der Waals surface area contributed by atoms with Crippen LogP contribution in [0.25, 0.3) is 10.8 Å². The Morgan fingerprint density at radius 1 is 1.23 bits per heavy atom. The number of rotatable bonds is 3. The molecule has 0 fully saturated rings. The van der Waals surface area contributed by atoms with Crippen molar-refractivity contribution >= 4 is 34.0 Å². The van der Waals surface area contributed by atoms with Crippen molar-refractivity contribution in [2.24, 2.45) is 0 Å². The van der Waals surface area contributed by atoms with Crippen LogP contribution < -0.4 is 5.56 Å². The standard InChI is InChI=1S/C20H18Cl2N2O2/c1-24(10-13-6-11-4-2-3-5-14(11)20(26)23-13)19-16-7-12(21)8-17(22)15(16)9-18(19)25/h2-8,18-19,25H,9-10H2,1H3,(H,23,26)/t18-,19-/m0/s1. The molecule has 0 saturated heterocycles. The third kappa shape index (κ3) is 3.03. The first-order valence-electron chi connectivity index (χ1n) is 8.41. The van der Waals surface area contributed by atoms with Crippen molar-refractivity contribution in [3.8, 4) is 0 Å². The van der Waals surface area contributed by atoms with Gasteiger partial charge in [0, 0.05) is 34.1 Å². The summed E-state index contributed by atoms with van der Waals surface area (Å²) >= 11 is 12.5. The number of nitrogens with one attached hydrogen (secondary N) is 1. The van der Waals surface area contributed by atoms with Crippen molar-refractivity contribution < 1.29 is 5.11 Å². The number of aromatic nitrogens is 1. The fraction of sp³-hybridized carbons (Fsp3) is 0.250. The minimum atomic E-state index is -0.571. The lowest BCUT2D eigenvalue weighted by Crippen LogP contribution is -2.31. The third-order valence-electron chi connectivity index (χ3n) is 4.99. The molecule has 2 atom stereocenters. The van der Waals surface area contributed by atoms with Crippen LogP contribution in [-0.4, -0.2) is 28.1 Å². The van der Waals surface area contributed by atoms with Gasteiger partial charge >= 0.3 is 0 Å². The Labute approximate surface area is 161 Å². The number of H-pyrrole nitrogens is 1. The number of hydrogen-bond acceptors (Lipinski definition) is 3. The molecule has 1 aromatic heterocycles. The molecule has 1 aliphatic carbocycles. The molecule has 0 amide bonds. The summed E-state index contributed by atoms with van der Waals surface area (Å²) in [4.78, 5) is 17.2. The summed E-state index contributed by atoms with van der Waals surface area (Å²) < 4.78 is 0. The van der Waals surface area contributed by atoms with Crippen molar-refractivity contribution in [2.45, 2.75) is 25.1 Å². The molecule has 1 aliphatic rings. The molecule has 0 bridgehead atoms. The van der Waals surface area contributed by atoms with Crippen LogP contribution in [0.15, 0.2) is 47.3 Å². The van der Waals surface area contributed by atoms with E-state index in [-0.39, 0.29) is 11.6 Å². The maximum Gasteiger partial charge on any atom is 0.256 e. The Hall–Kier alpha value is -1.85. The van der Waals surface area contributed by atoms with E-state index in [1.54, 1.807) is 6.07 Å². The lowest BCUT2D eigenvalue weighted by molar-refractivity contribution is 0.0718. The maximum absolute atomic E-state index is 12.3. The van der Waals surface area contributed by atoms with Crippen molar-refractivity contribution in [3.63, 3.8) is 0 Å². The summed E-state index contributed by atoms with van der Waals surface area (Å²) in [5.41, 5.74) is 2.57. The number of benzene rings is 2. The molecule has 6 heteroatoms. The second-order valence-electron chi connectivity index (χ2n) is 6.80. The van der Waals surface area contributed by atoms with E-state index in [4.69, 9.17) is 23.2 Å². The van der Waals surface area contributed by atoms with Crippen molar-refractivity contribution in [3.05, 3.63) is 79.7 Å². The zero-order valence-corrected chi connectivity index (χ0v) is 15.7. The largest absolute Gasteiger partial charge is 0.391 e. The molecule has 2 aromatic carbocycles.